The zero-order valence-electron chi connectivity index (χ0n) is 25.5. The maximum Gasteiger partial charge on any atom is 0.333 e. The van der Waals surface area contributed by atoms with Crippen LogP contribution in [0.5, 0.6) is 0 Å². The summed E-state index contributed by atoms with van der Waals surface area (Å²) in [4.78, 5) is 43.0. The first-order valence-electron chi connectivity index (χ1n) is 15.3. The highest BCUT2D eigenvalue weighted by atomic mass is 16.7. The van der Waals surface area contributed by atoms with E-state index in [2.05, 4.69) is 98.7 Å². The van der Waals surface area contributed by atoms with Crippen molar-refractivity contribution in [2.45, 2.75) is 85.0 Å². The van der Waals surface area contributed by atoms with Gasteiger partial charge in [0.25, 0.3) is 11.8 Å². The summed E-state index contributed by atoms with van der Waals surface area (Å²) in [6, 6.07) is 13.4. The lowest BCUT2D eigenvalue weighted by Gasteiger charge is -2.20. The smallest absolute Gasteiger partial charge is 0.333 e. The van der Waals surface area contributed by atoms with Gasteiger partial charge < -0.3 is 9.74 Å². The lowest BCUT2D eigenvalue weighted by molar-refractivity contribution is -0.437. The molecule has 1 saturated heterocycles. The first-order valence-corrected chi connectivity index (χ1v) is 15.3. The minimum absolute atomic E-state index is 0.106. The molecule has 2 aromatic rings. The topological polar surface area (TPSA) is 69.9 Å². The fourth-order valence-electron chi connectivity index (χ4n) is 6.44. The summed E-state index contributed by atoms with van der Waals surface area (Å²) in [6.07, 6.45) is 9.53. The van der Waals surface area contributed by atoms with Crippen LogP contribution in [0, 0.1) is 13.8 Å². The van der Waals surface area contributed by atoms with Crippen LogP contribution in [0.2, 0.25) is 0 Å². The van der Waals surface area contributed by atoms with Crippen LogP contribution in [0.25, 0.3) is 0 Å². The normalized spacial score (nSPS) is 20.8. The number of rotatable bonds is 10. The number of hydrogen-bond acceptors (Lipinski definition) is 5. The van der Waals surface area contributed by atoms with Gasteiger partial charge in [0.15, 0.2) is 5.71 Å². The molecule has 0 aliphatic carbocycles. The predicted octanol–water partition coefficient (Wildman–Crippen LogP) is 6.76. The van der Waals surface area contributed by atoms with Gasteiger partial charge in [-0.15, -0.1) is 5.06 Å². The number of nitrogens with zero attached hydrogens (tertiary/aromatic N) is 3. The van der Waals surface area contributed by atoms with Gasteiger partial charge >= 0.3 is 5.97 Å². The van der Waals surface area contributed by atoms with Crippen molar-refractivity contribution in [1.29, 1.82) is 0 Å². The number of allylic oxidation sites excluding steroid dienone is 4. The highest BCUT2D eigenvalue weighted by molar-refractivity contribution is 6.01. The van der Waals surface area contributed by atoms with Gasteiger partial charge in [-0.05, 0) is 64.3 Å². The van der Waals surface area contributed by atoms with E-state index < -0.39 is 17.8 Å². The first kappa shape index (κ1) is 29.5. The third kappa shape index (κ3) is 5.83. The molecule has 2 atom stereocenters. The van der Waals surface area contributed by atoms with Crippen LogP contribution in [0.3, 0.4) is 0 Å². The molecule has 2 aromatic carbocycles. The second-order valence-electron chi connectivity index (χ2n) is 11.7. The zero-order chi connectivity index (χ0) is 30.0. The maximum absolute atomic E-state index is 12.2. The number of anilines is 1. The summed E-state index contributed by atoms with van der Waals surface area (Å²) in [5, 5.41) is 0.627. The highest BCUT2D eigenvalue weighted by Gasteiger charge is 2.35. The van der Waals surface area contributed by atoms with Crippen LogP contribution in [0.1, 0.15) is 93.4 Å². The Bertz CT molecular complexity index is 1490. The van der Waals surface area contributed by atoms with E-state index in [9.17, 15) is 14.4 Å². The Kier molecular flexibility index (Phi) is 8.76. The Balaban J connectivity index is 1.27. The fraction of sp³-hybridized carbons (Fsp3) is 0.429. The van der Waals surface area contributed by atoms with E-state index in [0.29, 0.717) is 17.4 Å². The molecule has 3 heterocycles. The number of unbranched alkanes of at least 4 members (excludes halogenated alkanes) is 2. The Labute approximate surface area is 249 Å². The summed E-state index contributed by atoms with van der Waals surface area (Å²) in [7, 11) is 0. The van der Waals surface area contributed by atoms with Crippen molar-refractivity contribution in [2.24, 2.45) is 0 Å². The number of carbonyl (C=O) groups is 3. The second kappa shape index (κ2) is 12.5. The van der Waals surface area contributed by atoms with Crippen molar-refractivity contribution in [3.8, 4) is 0 Å². The molecule has 0 unspecified atom stereocenters. The summed E-state index contributed by atoms with van der Waals surface area (Å²) in [6.45, 7) is 12.8. The molecule has 3 aliphatic rings. The van der Waals surface area contributed by atoms with Crippen molar-refractivity contribution in [2.75, 3.05) is 18.0 Å². The lowest BCUT2D eigenvalue weighted by Crippen LogP contribution is -2.31. The Hall–Kier alpha value is -4.00. The molecule has 3 aliphatic heterocycles. The molecule has 0 saturated carbocycles. The number of likely N-dealkylation sites (N-methyl/N-ethyl adjacent to an activating group) is 1. The van der Waals surface area contributed by atoms with Crippen molar-refractivity contribution >= 4 is 34.9 Å². The van der Waals surface area contributed by atoms with Crippen molar-refractivity contribution in [1.82, 2.24) is 5.06 Å². The zero-order valence-corrected chi connectivity index (χ0v) is 25.5. The Morgan fingerprint density at radius 1 is 0.952 bits per heavy atom. The molecule has 0 radical (unpaired) electrons. The van der Waals surface area contributed by atoms with Gasteiger partial charge in [0.05, 0.1) is 5.92 Å². The van der Waals surface area contributed by atoms with Gasteiger partial charge in [-0.1, -0.05) is 42.3 Å². The largest absolute Gasteiger partial charge is 0.345 e. The van der Waals surface area contributed by atoms with Crippen LogP contribution in [-0.2, 0) is 19.2 Å². The minimum atomic E-state index is -0.531. The number of carbonyl (C=O) groups excluding carboxylic acids is 3. The molecular formula is C35H42N3O4+. The van der Waals surface area contributed by atoms with Gasteiger partial charge in [-0.25, -0.2) is 4.79 Å². The van der Waals surface area contributed by atoms with Gasteiger partial charge in [0.2, 0.25) is 5.69 Å². The monoisotopic (exact) mass is 568 g/mol. The highest BCUT2D eigenvalue weighted by Crippen LogP contribution is 2.43. The van der Waals surface area contributed by atoms with E-state index >= 15 is 0 Å². The lowest BCUT2D eigenvalue weighted by atomic mass is 9.96. The summed E-state index contributed by atoms with van der Waals surface area (Å²) in [5.41, 5.74) is 10.4. The molecule has 0 bridgehead atoms. The molecular weight excluding hydrogens is 526 g/mol. The number of benzene rings is 2. The van der Waals surface area contributed by atoms with Crippen molar-refractivity contribution < 1.29 is 23.8 Å². The van der Waals surface area contributed by atoms with E-state index in [1.165, 1.54) is 45.0 Å². The molecule has 42 heavy (non-hydrogen) atoms. The average molecular weight is 569 g/mol. The van der Waals surface area contributed by atoms with Crippen LogP contribution in [0.15, 0.2) is 60.3 Å². The molecule has 220 valence electrons. The molecule has 0 N–H and O–H groups in total. The molecule has 2 amide bonds. The van der Waals surface area contributed by atoms with E-state index in [0.717, 1.165) is 25.9 Å². The van der Waals surface area contributed by atoms with Gasteiger partial charge in [-0.3, -0.25) is 9.59 Å². The van der Waals surface area contributed by atoms with Gasteiger partial charge in [0, 0.05) is 67.2 Å². The number of hydroxylamine groups is 2. The van der Waals surface area contributed by atoms with E-state index in [1.54, 1.807) is 0 Å². The van der Waals surface area contributed by atoms with Crippen molar-refractivity contribution in [3.05, 3.63) is 82.6 Å². The van der Waals surface area contributed by atoms with Crippen LogP contribution >= 0.6 is 0 Å². The molecule has 0 spiro atoms. The Morgan fingerprint density at radius 3 is 2.36 bits per heavy atom. The standard InChI is InChI=1S/C35H42N3O4/c1-6-36-29(25(4)27-21-23(2)14-16-31(27)36)11-10-12-30-26(5)28-22-24(3)15-17-32(28)37(30)20-9-7-8-13-35(41)42-38-33(39)18-19-34(38)40/h10-12,14-17,21-22,25-26H,6-9,13,18-20H2,1-5H3/q+1/t25-,26+/m1/s1. The van der Waals surface area contributed by atoms with Crippen LogP contribution in [0.4, 0.5) is 11.4 Å². The molecule has 1 fully saturated rings. The summed E-state index contributed by atoms with van der Waals surface area (Å²) < 4.78 is 2.42. The van der Waals surface area contributed by atoms with E-state index in [4.69, 9.17) is 4.84 Å². The predicted molar refractivity (Wildman–Crippen MR) is 165 cm³/mol. The molecule has 7 heteroatoms. The van der Waals surface area contributed by atoms with Gasteiger partial charge in [-0.2, -0.15) is 4.58 Å². The number of aryl methyl sites for hydroxylation is 2. The number of imide groups is 1. The SMILES string of the molecule is CCN1C(=CC=CC2=[N+](CCCCCC(=O)ON3C(=O)CCC3=O)c3ccc(C)cc3[C@@H]2C)[C@H](C)c2cc(C)ccc21. The van der Waals surface area contributed by atoms with E-state index in [1.807, 2.05) is 0 Å². The minimum Gasteiger partial charge on any atom is -0.345 e. The third-order valence-electron chi connectivity index (χ3n) is 8.70. The Morgan fingerprint density at radius 2 is 1.64 bits per heavy atom. The first-order chi connectivity index (χ1) is 20.2. The molecule has 0 aromatic heterocycles. The van der Waals surface area contributed by atoms with Crippen molar-refractivity contribution in [3.63, 3.8) is 0 Å². The quantitative estimate of drug-likeness (QED) is 0.180. The third-order valence-corrected chi connectivity index (χ3v) is 8.70. The van der Waals surface area contributed by atoms with E-state index in [-0.39, 0.29) is 25.2 Å². The second-order valence-corrected chi connectivity index (χ2v) is 11.7. The molecule has 7 nitrogen and oxygen atoms in total. The summed E-state index contributed by atoms with van der Waals surface area (Å²) >= 11 is 0. The molecule has 5 rings (SSSR count). The number of amides is 2. The van der Waals surface area contributed by atoms with Crippen LogP contribution in [-0.4, -0.2) is 46.2 Å². The number of hydrogen-bond donors (Lipinski definition) is 0. The summed E-state index contributed by atoms with van der Waals surface area (Å²) in [5.74, 6) is -0.789. The average Bonchev–Trinajstić information content (AvgIpc) is 3.52. The van der Waals surface area contributed by atoms with Crippen LogP contribution < -0.4 is 4.90 Å². The van der Waals surface area contributed by atoms with Gasteiger partial charge in [0.1, 0.15) is 6.54 Å². The number of fused-ring (bicyclic) bond motifs is 2. The maximum atomic E-state index is 12.2. The fourth-order valence-corrected chi connectivity index (χ4v) is 6.44.